The summed E-state index contributed by atoms with van der Waals surface area (Å²) in [6.07, 6.45) is 1.01. The first-order valence-electron chi connectivity index (χ1n) is 8.28. The Bertz CT molecular complexity index is 848. The van der Waals surface area contributed by atoms with Crippen molar-refractivity contribution in [3.05, 3.63) is 63.4 Å². The molecule has 0 aliphatic heterocycles. The lowest BCUT2D eigenvalue weighted by Crippen LogP contribution is -2.36. The number of hydrogen-bond acceptors (Lipinski definition) is 5. The number of aliphatic hydroxyl groups is 1. The Balaban J connectivity index is 1.61. The van der Waals surface area contributed by atoms with E-state index in [0.717, 1.165) is 26.3 Å². The van der Waals surface area contributed by atoms with Crippen LogP contribution in [0.3, 0.4) is 0 Å². The fourth-order valence-corrected chi connectivity index (χ4v) is 4.52. The molecule has 7 heteroatoms. The normalized spacial score (nSPS) is 10.8. The minimum Gasteiger partial charge on any atom is -0.395 e. The number of rotatable bonds is 8. The van der Waals surface area contributed by atoms with E-state index in [9.17, 15) is 9.90 Å². The summed E-state index contributed by atoms with van der Waals surface area (Å²) in [5.41, 5.74) is 1.93. The van der Waals surface area contributed by atoms with Crippen molar-refractivity contribution < 1.29 is 9.90 Å². The molecular formula is C19H19ClN2O2S2. The molecule has 2 heterocycles. The predicted molar refractivity (Wildman–Crippen MR) is 108 cm³/mol. The van der Waals surface area contributed by atoms with E-state index in [2.05, 4.69) is 4.98 Å². The van der Waals surface area contributed by atoms with Crippen molar-refractivity contribution in [2.75, 3.05) is 19.7 Å². The Kier molecular flexibility index (Phi) is 6.80. The monoisotopic (exact) mass is 406 g/mol. The number of amides is 1. The molecule has 0 bridgehead atoms. The van der Waals surface area contributed by atoms with Gasteiger partial charge in [-0.05, 0) is 24.1 Å². The van der Waals surface area contributed by atoms with Crippen molar-refractivity contribution in [1.29, 1.82) is 0 Å². The van der Waals surface area contributed by atoms with Gasteiger partial charge in [-0.15, -0.1) is 22.7 Å². The van der Waals surface area contributed by atoms with Crippen molar-refractivity contribution >= 4 is 40.2 Å². The lowest BCUT2D eigenvalue weighted by Gasteiger charge is -2.21. The third kappa shape index (κ3) is 5.14. The molecule has 1 amide bonds. The number of halogens is 1. The summed E-state index contributed by atoms with van der Waals surface area (Å²) in [6, 6.07) is 13.8. The van der Waals surface area contributed by atoms with Crippen LogP contribution in [0.25, 0.3) is 9.88 Å². The van der Waals surface area contributed by atoms with Crippen LogP contribution in [0, 0.1) is 0 Å². The number of thiazole rings is 1. The van der Waals surface area contributed by atoms with Gasteiger partial charge in [0, 0.05) is 18.5 Å². The van der Waals surface area contributed by atoms with Gasteiger partial charge >= 0.3 is 0 Å². The Morgan fingerprint density at radius 2 is 1.96 bits per heavy atom. The lowest BCUT2D eigenvalue weighted by atomic mass is 10.1. The average molecular weight is 407 g/mol. The van der Waals surface area contributed by atoms with Crippen LogP contribution in [0.4, 0.5) is 0 Å². The summed E-state index contributed by atoms with van der Waals surface area (Å²) in [7, 11) is 0. The average Bonchev–Trinajstić information content (AvgIpc) is 3.28. The standard InChI is InChI=1S/C19H19ClN2O2S2/c20-17-7-6-16(26-17)19-21-15(13-25-19)12-18(24)22(10-11-23)9-8-14-4-2-1-3-5-14/h1-7,13,23H,8-12H2. The first-order chi connectivity index (χ1) is 12.7. The van der Waals surface area contributed by atoms with Crippen LogP contribution in [0.2, 0.25) is 4.34 Å². The molecule has 136 valence electrons. The molecule has 1 N–H and O–H groups in total. The summed E-state index contributed by atoms with van der Waals surface area (Å²) in [5.74, 6) is -0.0176. The number of aliphatic hydroxyl groups excluding tert-OH is 1. The van der Waals surface area contributed by atoms with Gasteiger partial charge in [0.1, 0.15) is 5.01 Å². The summed E-state index contributed by atoms with van der Waals surface area (Å²) in [4.78, 5) is 19.9. The van der Waals surface area contributed by atoms with Gasteiger partial charge in [0.2, 0.25) is 5.91 Å². The van der Waals surface area contributed by atoms with Crippen molar-refractivity contribution in [1.82, 2.24) is 9.88 Å². The number of carbonyl (C=O) groups is 1. The third-order valence-corrected chi connectivity index (χ3v) is 6.20. The predicted octanol–water partition coefficient (Wildman–Crippen LogP) is 4.13. The van der Waals surface area contributed by atoms with Gasteiger partial charge < -0.3 is 10.0 Å². The van der Waals surface area contributed by atoms with Crippen LogP contribution >= 0.6 is 34.3 Å². The molecular weight excluding hydrogens is 388 g/mol. The van der Waals surface area contributed by atoms with E-state index in [1.54, 1.807) is 4.90 Å². The Morgan fingerprint density at radius 3 is 2.65 bits per heavy atom. The van der Waals surface area contributed by atoms with Crippen LogP contribution < -0.4 is 0 Å². The number of benzene rings is 1. The van der Waals surface area contributed by atoms with Gasteiger partial charge in [0.05, 0.1) is 27.9 Å². The van der Waals surface area contributed by atoms with Gasteiger partial charge in [-0.1, -0.05) is 41.9 Å². The molecule has 0 unspecified atom stereocenters. The fraction of sp³-hybridized carbons (Fsp3) is 0.263. The van der Waals surface area contributed by atoms with Crippen molar-refractivity contribution in [3.8, 4) is 9.88 Å². The summed E-state index contributed by atoms with van der Waals surface area (Å²) >= 11 is 8.97. The minimum absolute atomic E-state index is 0.0176. The maximum Gasteiger partial charge on any atom is 0.228 e. The summed E-state index contributed by atoms with van der Waals surface area (Å²) < 4.78 is 0.725. The fourth-order valence-electron chi connectivity index (χ4n) is 2.59. The maximum absolute atomic E-state index is 12.6. The van der Waals surface area contributed by atoms with Crippen molar-refractivity contribution in [2.45, 2.75) is 12.8 Å². The number of thiophene rings is 1. The van der Waals surface area contributed by atoms with Gasteiger partial charge in [0.25, 0.3) is 0 Å². The van der Waals surface area contributed by atoms with Crippen LogP contribution in [0.15, 0.2) is 47.8 Å². The lowest BCUT2D eigenvalue weighted by molar-refractivity contribution is -0.131. The third-order valence-electron chi connectivity index (χ3n) is 3.90. The van der Waals surface area contributed by atoms with Gasteiger partial charge in [-0.3, -0.25) is 4.79 Å². The molecule has 0 aliphatic carbocycles. The van der Waals surface area contributed by atoms with Crippen molar-refractivity contribution in [2.24, 2.45) is 0 Å². The molecule has 1 aromatic carbocycles. The van der Waals surface area contributed by atoms with Crippen LogP contribution in [0.5, 0.6) is 0 Å². The molecule has 3 aromatic rings. The number of hydrogen-bond donors (Lipinski definition) is 1. The topological polar surface area (TPSA) is 53.4 Å². The number of aromatic nitrogens is 1. The summed E-state index contributed by atoms with van der Waals surface area (Å²) in [6.45, 7) is 0.876. The quantitative estimate of drug-likeness (QED) is 0.611. The zero-order valence-electron chi connectivity index (χ0n) is 14.1. The molecule has 3 rings (SSSR count). The van der Waals surface area contributed by atoms with E-state index < -0.39 is 0 Å². The van der Waals surface area contributed by atoms with E-state index in [4.69, 9.17) is 11.6 Å². The highest BCUT2D eigenvalue weighted by Gasteiger charge is 2.16. The number of carbonyl (C=O) groups excluding carboxylic acids is 1. The maximum atomic E-state index is 12.6. The van der Waals surface area contributed by atoms with E-state index in [0.29, 0.717) is 13.1 Å². The molecule has 2 aromatic heterocycles. The molecule has 0 spiro atoms. The molecule has 0 fully saturated rings. The minimum atomic E-state index is -0.0451. The molecule has 0 radical (unpaired) electrons. The zero-order chi connectivity index (χ0) is 18.4. The highest BCUT2D eigenvalue weighted by molar-refractivity contribution is 7.23. The van der Waals surface area contributed by atoms with E-state index in [1.807, 2.05) is 47.8 Å². The zero-order valence-corrected chi connectivity index (χ0v) is 16.5. The highest BCUT2D eigenvalue weighted by Crippen LogP contribution is 2.33. The molecule has 0 saturated heterocycles. The van der Waals surface area contributed by atoms with E-state index >= 15 is 0 Å². The Morgan fingerprint density at radius 1 is 1.15 bits per heavy atom. The molecule has 26 heavy (non-hydrogen) atoms. The first-order valence-corrected chi connectivity index (χ1v) is 10.4. The second-order valence-electron chi connectivity index (χ2n) is 5.76. The van der Waals surface area contributed by atoms with Crippen LogP contribution in [-0.2, 0) is 17.6 Å². The van der Waals surface area contributed by atoms with Gasteiger partial charge in [-0.2, -0.15) is 0 Å². The molecule has 4 nitrogen and oxygen atoms in total. The largest absolute Gasteiger partial charge is 0.395 e. The molecule has 0 aliphatic rings. The molecule has 0 atom stereocenters. The Hall–Kier alpha value is -1.73. The Labute approximate surface area is 165 Å². The van der Waals surface area contributed by atoms with Crippen LogP contribution in [0.1, 0.15) is 11.3 Å². The van der Waals surface area contributed by atoms with E-state index in [-0.39, 0.29) is 18.9 Å². The van der Waals surface area contributed by atoms with Gasteiger partial charge in [0.15, 0.2) is 0 Å². The smallest absolute Gasteiger partial charge is 0.228 e. The van der Waals surface area contributed by atoms with E-state index in [1.165, 1.54) is 28.2 Å². The summed E-state index contributed by atoms with van der Waals surface area (Å²) in [5, 5.41) is 12.1. The number of nitrogens with zero attached hydrogens (tertiary/aromatic N) is 2. The highest BCUT2D eigenvalue weighted by atomic mass is 35.5. The van der Waals surface area contributed by atoms with Crippen molar-refractivity contribution in [3.63, 3.8) is 0 Å². The second-order valence-corrected chi connectivity index (χ2v) is 8.34. The van der Waals surface area contributed by atoms with Gasteiger partial charge in [-0.25, -0.2) is 4.98 Å². The second kappa shape index (κ2) is 9.28. The first kappa shape index (κ1) is 19.0. The molecule has 0 saturated carbocycles. The SMILES string of the molecule is O=C(Cc1csc(-c2ccc(Cl)s2)n1)N(CCO)CCc1ccccc1. The van der Waals surface area contributed by atoms with Crippen LogP contribution in [-0.4, -0.2) is 40.6 Å².